The molecule has 6 heteroatoms. The largest absolute Gasteiger partial charge is 0.387 e. The zero-order valence-corrected chi connectivity index (χ0v) is 13.6. The first-order chi connectivity index (χ1) is 10.5. The SMILES string of the molecule is CC(CC(O)c1cccs1)NC(=O)/C=C/c1ccnc(Cl)c1. The topological polar surface area (TPSA) is 62.2 Å². The number of aliphatic hydroxyl groups excluding tert-OH is 1. The van der Waals surface area contributed by atoms with Crippen LogP contribution in [0.1, 0.15) is 29.9 Å². The van der Waals surface area contributed by atoms with Crippen molar-refractivity contribution in [2.75, 3.05) is 0 Å². The number of hydrogen-bond acceptors (Lipinski definition) is 4. The summed E-state index contributed by atoms with van der Waals surface area (Å²) >= 11 is 7.28. The van der Waals surface area contributed by atoms with E-state index < -0.39 is 6.10 Å². The fourth-order valence-electron chi connectivity index (χ4n) is 1.97. The summed E-state index contributed by atoms with van der Waals surface area (Å²) < 4.78 is 0. The van der Waals surface area contributed by atoms with Gasteiger partial charge < -0.3 is 10.4 Å². The molecule has 0 spiro atoms. The van der Waals surface area contributed by atoms with Crippen LogP contribution >= 0.6 is 22.9 Å². The third kappa shape index (κ3) is 5.26. The van der Waals surface area contributed by atoms with Crippen molar-refractivity contribution in [3.63, 3.8) is 0 Å². The molecule has 22 heavy (non-hydrogen) atoms. The number of nitrogens with zero attached hydrogens (tertiary/aromatic N) is 1. The van der Waals surface area contributed by atoms with E-state index in [9.17, 15) is 9.90 Å². The number of carbonyl (C=O) groups excluding carboxylic acids is 1. The first-order valence-corrected chi connectivity index (χ1v) is 8.12. The molecule has 2 unspecified atom stereocenters. The van der Waals surface area contributed by atoms with Crippen LogP contribution in [0.2, 0.25) is 5.15 Å². The van der Waals surface area contributed by atoms with Crippen LogP contribution < -0.4 is 5.32 Å². The highest BCUT2D eigenvalue weighted by Gasteiger charge is 2.14. The van der Waals surface area contributed by atoms with E-state index in [0.717, 1.165) is 10.4 Å². The number of aromatic nitrogens is 1. The summed E-state index contributed by atoms with van der Waals surface area (Å²) in [6, 6.07) is 7.09. The van der Waals surface area contributed by atoms with Gasteiger partial charge in [0.2, 0.25) is 5.91 Å². The molecule has 0 saturated heterocycles. The summed E-state index contributed by atoms with van der Waals surface area (Å²) in [6.07, 6.45) is 4.62. The Bertz CT molecular complexity index is 643. The Balaban J connectivity index is 1.83. The summed E-state index contributed by atoms with van der Waals surface area (Å²) in [7, 11) is 0. The first kappa shape index (κ1) is 16.7. The molecule has 0 aliphatic carbocycles. The number of carbonyl (C=O) groups is 1. The van der Waals surface area contributed by atoms with Gasteiger partial charge in [0.05, 0.1) is 6.10 Å². The Morgan fingerprint density at radius 1 is 1.55 bits per heavy atom. The van der Waals surface area contributed by atoms with E-state index in [1.807, 2.05) is 24.4 Å². The van der Waals surface area contributed by atoms with Gasteiger partial charge in [-0.05, 0) is 48.6 Å². The fourth-order valence-corrected chi connectivity index (χ4v) is 2.88. The molecule has 2 heterocycles. The lowest BCUT2D eigenvalue weighted by Crippen LogP contribution is -2.32. The molecule has 0 fully saturated rings. The molecule has 2 atom stereocenters. The van der Waals surface area contributed by atoms with Crippen molar-refractivity contribution >= 4 is 34.9 Å². The first-order valence-electron chi connectivity index (χ1n) is 6.86. The van der Waals surface area contributed by atoms with Crippen molar-refractivity contribution in [2.24, 2.45) is 0 Å². The smallest absolute Gasteiger partial charge is 0.244 e. The van der Waals surface area contributed by atoms with E-state index in [1.165, 1.54) is 17.4 Å². The minimum atomic E-state index is -0.557. The lowest BCUT2D eigenvalue weighted by Gasteiger charge is -2.16. The summed E-state index contributed by atoms with van der Waals surface area (Å²) in [6.45, 7) is 1.87. The van der Waals surface area contributed by atoms with Gasteiger partial charge >= 0.3 is 0 Å². The Morgan fingerprint density at radius 3 is 3.05 bits per heavy atom. The summed E-state index contributed by atoms with van der Waals surface area (Å²) in [5.74, 6) is -0.209. The Hall–Kier alpha value is -1.69. The molecule has 2 aromatic rings. The molecule has 2 aromatic heterocycles. The van der Waals surface area contributed by atoms with E-state index in [0.29, 0.717) is 11.6 Å². The second kappa shape index (κ2) is 8.08. The number of halogens is 1. The highest BCUT2D eigenvalue weighted by Crippen LogP contribution is 2.22. The Morgan fingerprint density at radius 2 is 2.36 bits per heavy atom. The Kier molecular flexibility index (Phi) is 6.12. The molecule has 0 aliphatic rings. The van der Waals surface area contributed by atoms with Crippen molar-refractivity contribution in [3.05, 3.63) is 57.5 Å². The maximum Gasteiger partial charge on any atom is 0.244 e. The lowest BCUT2D eigenvalue weighted by molar-refractivity contribution is -0.117. The summed E-state index contributed by atoms with van der Waals surface area (Å²) in [5, 5.41) is 15.2. The number of aliphatic hydroxyl groups is 1. The maximum atomic E-state index is 11.9. The van der Waals surface area contributed by atoms with Gasteiger partial charge in [-0.2, -0.15) is 0 Å². The highest BCUT2D eigenvalue weighted by atomic mass is 35.5. The van der Waals surface area contributed by atoms with E-state index in [2.05, 4.69) is 10.3 Å². The average Bonchev–Trinajstić information content (AvgIpc) is 2.99. The molecule has 0 radical (unpaired) electrons. The van der Waals surface area contributed by atoms with E-state index in [1.54, 1.807) is 24.4 Å². The number of rotatable bonds is 6. The van der Waals surface area contributed by atoms with Gasteiger partial charge in [0.15, 0.2) is 0 Å². The highest BCUT2D eigenvalue weighted by molar-refractivity contribution is 7.10. The second-order valence-electron chi connectivity index (χ2n) is 4.92. The predicted molar refractivity (Wildman–Crippen MR) is 89.8 cm³/mol. The minimum Gasteiger partial charge on any atom is -0.387 e. The minimum absolute atomic E-state index is 0.129. The van der Waals surface area contributed by atoms with Crippen molar-refractivity contribution in [2.45, 2.75) is 25.5 Å². The van der Waals surface area contributed by atoms with Gasteiger partial charge in [0.25, 0.3) is 0 Å². The number of nitrogens with one attached hydrogen (secondary N) is 1. The third-order valence-corrected chi connectivity index (χ3v) is 4.20. The van der Waals surface area contributed by atoms with Crippen LogP contribution in [0, 0.1) is 0 Å². The molecule has 4 nitrogen and oxygen atoms in total. The van der Waals surface area contributed by atoms with Crippen LogP contribution in [0.15, 0.2) is 41.9 Å². The number of hydrogen-bond donors (Lipinski definition) is 2. The van der Waals surface area contributed by atoms with Crippen molar-refractivity contribution in [3.8, 4) is 0 Å². The van der Waals surface area contributed by atoms with Crippen LogP contribution in [0.25, 0.3) is 6.08 Å². The van der Waals surface area contributed by atoms with E-state index in [-0.39, 0.29) is 11.9 Å². The van der Waals surface area contributed by atoms with Crippen molar-refractivity contribution < 1.29 is 9.90 Å². The molecule has 0 saturated carbocycles. The van der Waals surface area contributed by atoms with Crippen LogP contribution in [-0.4, -0.2) is 22.0 Å². The maximum absolute atomic E-state index is 11.9. The second-order valence-corrected chi connectivity index (χ2v) is 6.29. The molecule has 0 aliphatic heterocycles. The van der Waals surface area contributed by atoms with E-state index in [4.69, 9.17) is 11.6 Å². The molecule has 2 N–H and O–H groups in total. The van der Waals surface area contributed by atoms with Gasteiger partial charge in [-0.1, -0.05) is 17.7 Å². The number of pyridine rings is 1. The van der Waals surface area contributed by atoms with Crippen molar-refractivity contribution in [1.29, 1.82) is 0 Å². The average molecular weight is 337 g/mol. The predicted octanol–water partition coefficient (Wildman–Crippen LogP) is 3.44. The Labute approximate surface area is 138 Å². The zero-order chi connectivity index (χ0) is 15.9. The number of amides is 1. The molecular formula is C16H17ClN2O2S. The lowest BCUT2D eigenvalue weighted by atomic mass is 10.1. The van der Waals surface area contributed by atoms with Crippen LogP contribution in [0.3, 0.4) is 0 Å². The zero-order valence-electron chi connectivity index (χ0n) is 12.1. The van der Waals surface area contributed by atoms with Crippen LogP contribution in [0.4, 0.5) is 0 Å². The molecular weight excluding hydrogens is 320 g/mol. The van der Waals surface area contributed by atoms with E-state index >= 15 is 0 Å². The molecule has 0 bridgehead atoms. The summed E-state index contributed by atoms with van der Waals surface area (Å²) in [4.78, 5) is 16.6. The monoisotopic (exact) mass is 336 g/mol. The standard InChI is InChI=1S/C16H17ClN2O2S/c1-11(9-13(20)14-3-2-8-22-14)19-16(21)5-4-12-6-7-18-15(17)10-12/h2-8,10-11,13,20H,9H2,1H3,(H,19,21)/b5-4+. The quantitative estimate of drug-likeness (QED) is 0.627. The van der Waals surface area contributed by atoms with Gasteiger partial charge in [-0.3, -0.25) is 4.79 Å². The molecule has 2 rings (SSSR count). The molecule has 0 aromatic carbocycles. The molecule has 1 amide bonds. The number of thiophene rings is 1. The van der Waals surface area contributed by atoms with Gasteiger partial charge in [0, 0.05) is 23.2 Å². The van der Waals surface area contributed by atoms with Gasteiger partial charge in [-0.25, -0.2) is 4.98 Å². The third-order valence-electron chi connectivity index (χ3n) is 3.01. The normalized spacial score (nSPS) is 14.0. The van der Waals surface area contributed by atoms with Gasteiger partial charge in [0.1, 0.15) is 5.15 Å². The van der Waals surface area contributed by atoms with Crippen LogP contribution in [0.5, 0.6) is 0 Å². The molecule has 116 valence electrons. The summed E-state index contributed by atoms with van der Waals surface area (Å²) in [5.41, 5.74) is 0.807. The fraction of sp³-hybridized carbons (Fsp3) is 0.250. The van der Waals surface area contributed by atoms with Gasteiger partial charge in [-0.15, -0.1) is 11.3 Å². The van der Waals surface area contributed by atoms with Crippen molar-refractivity contribution in [1.82, 2.24) is 10.3 Å². The van der Waals surface area contributed by atoms with Crippen LogP contribution in [-0.2, 0) is 4.79 Å².